The van der Waals surface area contributed by atoms with Gasteiger partial charge in [-0.1, -0.05) is 18.6 Å². The monoisotopic (exact) mass is 328 g/mol. The SMILES string of the molecule is CCCc1c(C(=O)NC2CC2)nnn1-c1ccc(NC(N)=O)cc1. The lowest BCUT2D eigenvalue weighted by atomic mass is 10.2. The maximum absolute atomic E-state index is 12.3. The first-order chi connectivity index (χ1) is 11.6. The van der Waals surface area contributed by atoms with Crippen LogP contribution >= 0.6 is 0 Å². The summed E-state index contributed by atoms with van der Waals surface area (Å²) in [5.41, 5.74) is 7.62. The van der Waals surface area contributed by atoms with E-state index in [0.29, 0.717) is 17.8 Å². The van der Waals surface area contributed by atoms with Gasteiger partial charge in [0.25, 0.3) is 5.91 Å². The van der Waals surface area contributed by atoms with Crippen molar-refractivity contribution in [2.75, 3.05) is 5.32 Å². The largest absolute Gasteiger partial charge is 0.351 e. The van der Waals surface area contributed by atoms with E-state index in [0.717, 1.165) is 30.6 Å². The molecule has 0 atom stereocenters. The van der Waals surface area contributed by atoms with Crippen molar-refractivity contribution < 1.29 is 9.59 Å². The molecule has 1 aromatic heterocycles. The predicted octanol–water partition coefficient (Wildman–Crippen LogP) is 1.60. The number of hydrogen-bond acceptors (Lipinski definition) is 4. The average Bonchev–Trinajstić information content (AvgIpc) is 3.26. The molecule has 1 aliphatic rings. The van der Waals surface area contributed by atoms with E-state index < -0.39 is 6.03 Å². The number of aromatic nitrogens is 3. The van der Waals surface area contributed by atoms with Gasteiger partial charge in [-0.3, -0.25) is 4.79 Å². The van der Waals surface area contributed by atoms with Crippen molar-refractivity contribution in [2.24, 2.45) is 5.73 Å². The molecule has 24 heavy (non-hydrogen) atoms. The third-order valence-electron chi connectivity index (χ3n) is 3.76. The smallest absolute Gasteiger partial charge is 0.316 e. The van der Waals surface area contributed by atoms with Gasteiger partial charge in [0.1, 0.15) is 0 Å². The second-order valence-electron chi connectivity index (χ2n) is 5.83. The van der Waals surface area contributed by atoms with Crippen LogP contribution in [0.5, 0.6) is 0 Å². The van der Waals surface area contributed by atoms with Crippen LogP contribution in [0.25, 0.3) is 5.69 Å². The number of primary amides is 1. The molecule has 1 heterocycles. The Labute approximate surface area is 139 Å². The highest BCUT2D eigenvalue weighted by Gasteiger charge is 2.27. The summed E-state index contributed by atoms with van der Waals surface area (Å²) in [7, 11) is 0. The van der Waals surface area contributed by atoms with Crippen LogP contribution in [-0.2, 0) is 6.42 Å². The minimum Gasteiger partial charge on any atom is -0.351 e. The van der Waals surface area contributed by atoms with Crippen LogP contribution < -0.4 is 16.4 Å². The highest BCUT2D eigenvalue weighted by Crippen LogP contribution is 2.21. The molecule has 3 amide bonds. The fraction of sp³-hybridized carbons (Fsp3) is 0.375. The number of carbonyl (C=O) groups is 2. The zero-order valence-electron chi connectivity index (χ0n) is 13.5. The first-order valence-electron chi connectivity index (χ1n) is 8.00. The lowest BCUT2D eigenvalue weighted by Crippen LogP contribution is -2.27. The third kappa shape index (κ3) is 3.53. The van der Waals surface area contributed by atoms with Crippen LogP contribution in [0.3, 0.4) is 0 Å². The minimum atomic E-state index is -0.616. The van der Waals surface area contributed by atoms with E-state index in [9.17, 15) is 9.59 Å². The Bertz CT molecular complexity index is 748. The first-order valence-corrected chi connectivity index (χ1v) is 8.00. The van der Waals surface area contributed by atoms with Gasteiger partial charge < -0.3 is 16.4 Å². The molecular formula is C16H20N6O2. The molecule has 8 nitrogen and oxygen atoms in total. The molecule has 0 radical (unpaired) electrons. The number of benzene rings is 1. The van der Waals surface area contributed by atoms with E-state index in [-0.39, 0.29) is 11.9 Å². The van der Waals surface area contributed by atoms with Crippen LogP contribution in [0.2, 0.25) is 0 Å². The van der Waals surface area contributed by atoms with Crippen LogP contribution in [0, 0.1) is 0 Å². The van der Waals surface area contributed by atoms with E-state index in [2.05, 4.69) is 20.9 Å². The maximum atomic E-state index is 12.3. The fourth-order valence-corrected chi connectivity index (χ4v) is 2.46. The number of nitrogens with zero attached hydrogens (tertiary/aromatic N) is 3. The van der Waals surface area contributed by atoms with Crippen LogP contribution in [-0.4, -0.2) is 33.0 Å². The van der Waals surface area contributed by atoms with Gasteiger partial charge in [-0.05, 0) is 43.5 Å². The quantitative estimate of drug-likeness (QED) is 0.747. The summed E-state index contributed by atoms with van der Waals surface area (Å²) >= 11 is 0. The highest BCUT2D eigenvalue weighted by molar-refractivity contribution is 5.93. The van der Waals surface area contributed by atoms with Crippen molar-refractivity contribution in [3.8, 4) is 5.69 Å². The minimum absolute atomic E-state index is 0.167. The lowest BCUT2D eigenvalue weighted by molar-refractivity contribution is 0.0945. The first kappa shape index (κ1) is 16.0. The summed E-state index contributed by atoms with van der Waals surface area (Å²) in [5, 5.41) is 13.7. The van der Waals surface area contributed by atoms with Gasteiger partial charge in [0, 0.05) is 11.7 Å². The molecule has 1 fully saturated rings. The molecule has 0 unspecified atom stereocenters. The second-order valence-corrected chi connectivity index (χ2v) is 5.83. The number of anilines is 1. The number of amides is 3. The standard InChI is InChI=1S/C16H20N6O2/c1-2-3-13-14(15(23)18-10-4-5-10)20-21-22(13)12-8-6-11(7-9-12)19-16(17)24/h6-10H,2-5H2,1H3,(H,18,23)(H3,17,19,24). The number of nitrogens with two attached hydrogens (primary N) is 1. The number of carbonyl (C=O) groups excluding carboxylic acids is 2. The Morgan fingerprint density at radius 1 is 1.29 bits per heavy atom. The van der Waals surface area contributed by atoms with Crippen molar-refractivity contribution in [1.82, 2.24) is 20.3 Å². The molecule has 0 spiro atoms. The Kier molecular flexibility index (Phi) is 4.45. The second kappa shape index (κ2) is 6.69. The lowest BCUT2D eigenvalue weighted by Gasteiger charge is -2.08. The van der Waals surface area contributed by atoms with E-state index in [1.165, 1.54) is 0 Å². The molecule has 4 N–H and O–H groups in total. The Hall–Kier alpha value is -2.90. The van der Waals surface area contributed by atoms with Gasteiger partial charge in [-0.25, -0.2) is 9.48 Å². The van der Waals surface area contributed by atoms with Gasteiger partial charge >= 0.3 is 6.03 Å². The maximum Gasteiger partial charge on any atom is 0.316 e. The highest BCUT2D eigenvalue weighted by atomic mass is 16.2. The summed E-state index contributed by atoms with van der Waals surface area (Å²) in [4.78, 5) is 23.2. The number of hydrogen-bond donors (Lipinski definition) is 3. The summed E-state index contributed by atoms with van der Waals surface area (Å²) in [5.74, 6) is -0.167. The molecule has 8 heteroatoms. The van der Waals surface area contributed by atoms with Gasteiger partial charge in [0.2, 0.25) is 0 Å². The predicted molar refractivity (Wildman–Crippen MR) is 89.0 cm³/mol. The topological polar surface area (TPSA) is 115 Å². The molecule has 1 aromatic carbocycles. The van der Waals surface area contributed by atoms with Crippen LogP contribution in [0.15, 0.2) is 24.3 Å². The Balaban J connectivity index is 1.87. The zero-order chi connectivity index (χ0) is 17.1. The van der Waals surface area contributed by atoms with Gasteiger partial charge in [-0.2, -0.15) is 0 Å². The van der Waals surface area contributed by atoms with E-state index >= 15 is 0 Å². The molecule has 0 aliphatic heterocycles. The molecule has 126 valence electrons. The summed E-state index contributed by atoms with van der Waals surface area (Å²) < 4.78 is 1.67. The van der Waals surface area contributed by atoms with Gasteiger partial charge in [-0.15, -0.1) is 5.10 Å². The molecule has 3 rings (SSSR count). The Morgan fingerprint density at radius 3 is 2.58 bits per heavy atom. The van der Waals surface area contributed by atoms with Crippen molar-refractivity contribution in [3.05, 3.63) is 35.7 Å². The van der Waals surface area contributed by atoms with Crippen molar-refractivity contribution in [1.29, 1.82) is 0 Å². The molecule has 0 saturated heterocycles. The van der Waals surface area contributed by atoms with Crippen molar-refractivity contribution in [3.63, 3.8) is 0 Å². The van der Waals surface area contributed by atoms with Crippen molar-refractivity contribution in [2.45, 2.75) is 38.6 Å². The van der Waals surface area contributed by atoms with Gasteiger partial charge in [0.15, 0.2) is 5.69 Å². The normalized spacial score (nSPS) is 13.5. The summed E-state index contributed by atoms with van der Waals surface area (Å²) in [6.07, 6.45) is 3.62. The molecule has 0 bridgehead atoms. The average molecular weight is 328 g/mol. The van der Waals surface area contributed by atoms with E-state index in [4.69, 9.17) is 5.73 Å². The zero-order valence-corrected chi connectivity index (χ0v) is 13.5. The number of rotatable bonds is 6. The summed E-state index contributed by atoms with van der Waals surface area (Å²) in [6, 6.07) is 6.69. The van der Waals surface area contributed by atoms with Gasteiger partial charge in [0.05, 0.1) is 11.4 Å². The molecule has 1 saturated carbocycles. The summed E-state index contributed by atoms with van der Waals surface area (Å²) in [6.45, 7) is 2.04. The van der Waals surface area contributed by atoms with Crippen LogP contribution in [0.1, 0.15) is 42.4 Å². The molecular weight excluding hydrogens is 308 g/mol. The number of urea groups is 1. The third-order valence-corrected chi connectivity index (χ3v) is 3.76. The molecule has 2 aromatic rings. The van der Waals surface area contributed by atoms with Crippen LogP contribution in [0.4, 0.5) is 10.5 Å². The van der Waals surface area contributed by atoms with E-state index in [1.807, 2.05) is 6.92 Å². The number of nitrogens with one attached hydrogen (secondary N) is 2. The van der Waals surface area contributed by atoms with Crippen molar-refractivity contribution >= 4 is 17.6 Å². The Morgan fingerprint density at radius 2 is 2.00 bits per heavy atom. The van der Waals surface area contributed by atoms with E-state index in [1.54, 1.807) is 28.9 Å². The molecule has 1 aliphatic carbocycles. The fourth-order valence-electron chi connectivity index (χ4n) is 2.46.